The summed E-state index contributed by atoms with van der Waals surface area (Å²) in [6.45, 7) is 1.91. The number of benzene rings is 2. The zero-order valence-corrected chi connectivity index (χ0v) is 10.1. The van der Waals surface area contributed by atoms with Gasteiger partial charge in [0.15, 0.2) is 5.78 Å². The number of phenols is 1. The average Bonchev–Trinajstić information content (AvgIpc) is 2.40. The first-order valence-electron chi connectivity index (χ1n) is 5.74. The van der Waals surface area contributed by atoms with Crippen molar-refractivity contribution in [1.82, 2.24) is 0 Å². The molecule has 0 bridgehead atoms. The van der Waals surface area contributed by atoms with Gasteiger partial charge in [-0.15, -0.1) is 0 Å². The summed E-state index contributed by atoms with van der Waals surface area (Å²) in [5.74, 6) is 0.103. The molecule has 2 aromatic carbocycles. The van der Waals surface area contributed by atoms with Crippen molar-refractivity contribution in [2.75, 3.05) is 0 Å². The van der Waals surface area contributed by atoms with Crippen LogP contribution in [0.2, 0.25) is 0 Å². The Morgan fingerprint density at radius 1 is 0.944 bits per heavy atom. The number of carbonyl (C=O) groups is 1. The quantitative estimate of drug-likeness (QED) is 0.654. The summed E-state index contributed by atoms with van der Waals surface area (Å²) in [5.41, 5.74) is 2.53. The number of hydrogen-bond donors (Lipinski definition) is 1. The molecule has 0 amide bonds. The third-order valence-electron chi connectivity index (χ3n) is 2.73. The van der Waals surface area contributed by atoms with E-state index in [0.717, 1.165) is 11.1 Å². The first kappa shape index (κ1) is 12.1. The van der Waals surface area contributed by atoms with E-state index in [1.165, 1.54) is 12.1 Å². The van der Waals surface area contributed by atoms with Gasteiger partial charge in [0.2, 0.25) is 0 Å². The van der Waals surface area contributed by atoms with Gasteiger partial charge in [-0.1, -0.05) is 30.3 Å². The number of allylic oxidation sites excluding steroid dienone is 2. The van der Waals surface area contributed by atoms with E-state index in [1.807, 2.05) is 37.3 Å². The van der Waals surface area contributed by atoms with Crippen molar-refractivity contribution >= 4 is 11.4 Å². The molecule has 0 heterocycles. The Morgan fingerprint density at radius 3 is 2.17 bits per heavy atom. The van der Waals surface area contributed by atoms with Gasteiger partial charge in [0.25, 0.3) is 0 Å². The monoisotopic (exact) mass is 238 g/mol. The second-order valence-electron chi connectivity index (χ2n) is 4.10. The molecule has 2 heteroatoms. The second kappa shape index (κ2) is 5.32. The van der Waals surface area contributed by atoms with E-state index in [-0.39, 0.29) is 11.5 Å². The first-order valence-corrected chi connectivity index (χ1v) is 5.74. The molecule has 2 aromatic rings. The summed E-state index contributed by atoms with van der Waals surface area (Å²) in [7, 11) is 0. The largest absolute Gasteiger partial charge is 0.508 e. The summed E-state index contributed by atoms with van der Waals surface area (Å²) in [6, 6.07) is 16.0. The smallest absolute Gasteiger partial charge is 0.186 e. The van der Waals surface area contributed by atoms with Gasteiger partial charge in [0.1, 0.15) is 5.75 Å². The lowest BCUT2D eigenvalue weighted by Crippen LogP contribution is -1.95. The third kappa shape index (κ3) is 2.86. The molecular weight excluding hydrogens is 224 g/mol. The standard InChI is InChI=1S/C16H14O2/c1-12(13-5-3-2-4-6-13)11-16(18)14-7-9-15(17)10-8-14/h2-11,17H,1H3/b12-11+. The van der Waals surface area contributed by atoms with Gasteiger partial charge in [-0.2, -0.15) is 0 Å². The van der Waals surface area contributed by atoms with Crippen LogP contribution in [0.1, 0.15) is 22.8 Å². The maximum Gasteiger partial charge on any atom is 0.186 e. The number of aromatic hydroxyl groups is 1. The highest BCUT2D eigenvalue weighted by Gasteiger charge is 2.03. The highest BCUT2D eigenvalue weighted by Crippen LogP contribution is 2.16. The molecule has 2 rings (SSSR count). The molecule has 0 aromatic heterocycles. The Balaban J connectivity index is 2.23. The van der Waals surface area contributed by atoms with Gasteiger partial charge in [-0.3, -0.25) is 4.79 Å². The highest BCUT2D eigenvalue weighted by molar-refractivity contribution is 6.08. The molecule has 0 aliphatic heterocycles. The summed E-state index contributed by atoms with van der Waals surface area (Å²) >= 11 is 0. The minimum atomic E-state index is -0.0589. The van der Waals surface area contributed by atoms with E-state index in [0.29, 0.717) is 5.56 Å². The lowest BCUT2D eigenvalue weighted by atomic mass is 10.0. The molecule has 0 saturated carbocycles. The number of phenolic OH excluding ortho intramolecular Hbond substituents is 1. The molecule has 0 aliphatic rings. The van der Waals surface area contributed by atoms with Crippen LogP contribution in [0.5, 0.6) is 5.75 Å². The summed E-state index contributed by atoms with van der Waals surface area (Å²) in [6.07, 6.45) is 1.61. The van der Waals surface area contributed by atoms with Gasteiger partial charge < -0.3 is 5.11 Å². The Hall–Kier alpha value is -2.35. The molecular formula is C16H14O2. The van der Waals surface area contributed by atoms with Gasteiger partial charge >= 0.3 is 0 Å². The van der Waals surface area contributed by atoms with Crippen molar-refractivity contribution in [2.24, 2.45) is 0 Å². The summed E-state index contributed by atoms with van der Waals surface area (Å²) in [4.78, 5) is 12.0. The molecule has 0 radical (unpaired) electrons. The van der Waals surface area contributed by atoms with Crippen molar-refractivity contribution in [2.45, 2.75) is 6.92 Å². The second-order valence-corrected chi connectivity index (χ2v) is 4.10. The molecule has 0 saturated heterocycles. The van der Waals surface area contributed by atoms with E-state index in [9.17, 15) is 9.90 Å². The third-order valence-corrected chi connectivity index (χ3v) is 2.73. The van der Waals surface area contributed by atoms with Crippen LogP contribution in [0.3, 0.4) is 0 Å². The van der Waals surface area contributed by atoms with Crippen LogP contribution in [0.4, 0.5) is 0 Å². The Morgan fingerprint density at radius 2 is 1.56 bits per heavy atom. The van der Waals surface area contributed by atoms with Crippen molar-refractivity contribution < 1.29 is 9.90 Å². The van der Waals surface area contributed by atoms with Crippen LogP contribution in [0.15, 0.2) is 60.7 Å². The van der Waals surface area contributed by atoms with Gasteiger partial charge in [-0.25, -0.2) is 0 Å². The fourth-order valence-electron chi connectivity index (χ4n) is 1.69. The molecule has 0 spiro atoms. The van der Waals surface area contributed by atoms with Crippen LogP contribution in [0, 0.1) is 0 Å². The minimum Gasteiger partial charge on any atom is -0.508 e. The van der Waals surface area contributed by atoms with E-state index >= 15 is 0 Å². The predicted octanol–water partition coefficient (Wildman–Crippen LogP) is 3.68. The van der Waals surface area contributed by atoms with Crippen molar-refractivity contribution in [3.8, 4) is 5.75 Å². The van der Waals surface area contributed by atoms with Gasteiger partial charge in [0, 0.05) is 5.56 Å². The van der Waals surface area contributed by atoms with E-state index < -0.39 is 0 Å². The minimum absolute atomic E-state index is 0.0589. The predicted molar refractivity (Wildman–Crippen MR) is 72.5 cm³/mol. The lowest BCUT2D eigenvalue weighted by molar-refractivity contribution is 0.104. The normalized spacial score (nSPS) is 11.3. The van der Waals surface area contributed by atoms with Crippen LogP contribution < -0.4 is 0 Å². The molecule has 0 unspecified atom stereocenters. The van der Waals surface area contributed by atoms with E-state index in [2.05, 4.69) is 0 Å². The van der Waals surface area contributed by atoms with E-state index in [1.54, 1.807) is 18.2 Å². The zero-order chi connectivity index (χ0) is 13.0. The van der Waals surface area contributed by atoms with Crippen LogP contribution in [0.25, 0.3) is 5.57 Å². The molecule has 18 heavy (non-hydrogen) atoms. The number of carbonyl (C=O) groups excluding carboxylic acids is 1. The van der Waals surface area contributed by atoms with E-state index in [4.69, 9.17) is 0 Å². The topological polar surface area (TPSA) is 37.3 Å². The maximum atomic E-state index is 12.0. The molecule has 1 N–H and O–H groups in total. The fraction of sp³-hybridized carbons (Fsp3) is 0.0625. The molecule has 0 atom stereocenters. The molecule has 90 valence electrons. The molecule has 2 nitrogen and oxygen atoms in total. The lowest BCUT2D eigenvalue weighted by Gasteiger charge is -2.01. The summed E-state index contributed by atoms with van der Waals surface area (Å²) < 4.78 is 0. The first-order chi connectivity index (χ1) is 8.66. The van der Waals surface area contributed by atoms with Gasteiger partial charge in [-0.05, 0) is 48.4 Å². The van der Waals surface area contributed by atoms with Crippen molar-refractivity contribution in [3.05, 3.63) is 71.8 Å². The Labute approximate surface area is 106 Å². The zero-order valence-electron chi connectivity index (χ0n) is 10.1. The maximum absolute atomic E-state index is 12.0. The Kier molecular flexibility index (Phi) is 3.58. The number of rotatable bonds is 3. The van der Waals surface area contributed by atoms with Crippen molar-refractivity contribution in [1.29, 1.82) is 0 Å². The van der Waals surface area contributed by atoms with Crippen LogP contribution in [-0.4, -0.2) is 10.9 Å². The van der Waals surface area contributed by atoms with Crippen molar-refractivity contribution in [3.63, 3.8) is 0 Å². The highest BCUT2D eigenvalue weighted by atomic mass is 16.3. The van der Waals surface area contributed by atoms with Crippen LogP contribution in [-0.2, 0) is 0 Å². The SMILES string of the molecule is C/C(=C\C(=O)c1ccc(O)cc1)c1ccccc1. The summed E-state index contributed by atoms with van der Waals surface area (Å²) in [5, 5.41) is 9.17. The molecule has 0 fully saturated rings. The number of ketones is 1. The molecule has 0 aliphatic carbocycles. The number of hydrogen-bond acceptors (Lipinski definition) is 2. The van der Waals surface area contributed by atoms with Gasteiger partial charge in [0.05, 0.1) is 0 Å². The Bertz CT molecular complexity index is 566. The average molecular weight is 238 g/mol. The van der Waals surface area contributed by atoms with Crippen LogP contribution >= 0.6 is 0 Å². The fourth-order valence-corrected chi connectivity index (χ4v) is 1.69.